The lowest BCUT2D eigenvalue weighted by Gasteiger charge is -2.15. The van der Waals surface area contributed by atoms with Gasteiger partial charge >= 0.3 is 0 Å². The van der Waals surface area contributed by atoms with Crippen LogP contribution in [0.5, 0.6) is 0 Å². The summed E-state index contributed by atoms with van der Waals surface area (Å²) in [4.78, 5) is 19.9. The Kier molecular flexibility index (Phi) is 5.59. The molecule has 0 aliphatic carbocycles. The smallest absolute Gasteiger partial charge is 0.269 e. The van der Waals surface area contributed by atoms with Crippen molar-refractivity contribution in [3.8, 4) is 16.8 Å². The zero-order valence-corrected chi connectivity index (χ0v) is 18.3. The highest BCUT2D eigenvalue weighted by Gasteiger charge is 2.19. The molecule has 32 heavy (non-hydrogen) atoms. The van der Waals surface area contributed by atoms with Crippen molar-refractivity contribution in [2.24, 2.45) is 5.73 Å². The number of carbonyl (C=O) groups is 1. The minimum Gasteiger partial charge on any atom is -0.382 e. The Bertz CT molecular complexity index is 1240. The fraction of sp³-hybridized carbons (Fsp3) is 0.200. The van der Waals surface area contributed by atoms with Gasteiger partial charge in [-0.1, -0.05) is 36.4 Å². The molecule has 0 saturated heterocycles. The number of nitrogens with two attached hydrogens (primary N) is 1. The fourth-order valence-corrected chi connectivity index (χ4v) is 3.46. The quantitative estimate of drug-likeness (QED) is 0.489. The normalized spacial score (nSPS) is 11.5. The average molecular weight is 428 g/mol. The van der Waals surface area contributed by atoms with Gasteiger partial charge in [0.2, 0.25) is 0 Å². The van der Waals surface area contributed by atoms with E-state index in [1.807, 2.05) is 31.2 Å². The van der Waals surface area contributed by atoms with Crippen LogP contribution < -0.4 is 5.73 Å². The van der Waals surface area contributed by atoms with Gasteiger partial charge < -0.3 is 10.8 Å². The standard InChI is InChI=1S/C25H25N5O2/c1-16-12-22(23(26)31)29-30(16)21-10-6-18(7-11-21)13-17-4-8-19(9-5-17)20-14-27-24(28-15-20)25(2,3)32/h4-12,14-15,32H,13H2,1-3H3,(H2,26,31). The van der Waals surface area contributed by atoms with E-state index in [1.54, 1.807) is 37.0 Å². The van der Waals surface area contributed by atoms with E-state index in [-0.39, 0.29) is 5.69 Å². The number of aliphatic hydroxyl groups is 1. The van der Waals surface area contributed by atoms with Gasteiger partial charge in [0.1, 0.15) is 5.60 Å². The van der Waals surface area contributed by atoms with Crippen molar-refractivity contribution in [1.82, 2.24) is 19.7 Å². The summed E-state index contributed by atoms with van der Waals surface area (Å²) in [6.45, 7) is 5.22. The Balaban J connectivity index is 1.46. The highest BCUT2D eigenvalue weighted by molar-refractivity contribution is 5.90. The molecule has 3 N–H and O–H groups in total. The molecule has 4 rings (SSSR count). The maximum Gasteiger partial charge on any atom is 0.269 e. The molecule has 0 fully saturated rings. The molecule has 162 valence electrons. The summed E-state index contributed by atoms with van der Waals surface area (Å²) in [5, 5.41) is 14.3. The van der Waals surface area contributed by atoms with Gasteiger partial charge in [-0.3, -0.25) is 4.79 Å². The molecule has 7 heteroatoms. The SMILES string of the molecule is Cc1cc(C(N)=O)nn1-c1ccc(Cc2ccc(-c3cnc(C(C)(C)O)nc3)cc2)cc1. The Hall–Kier alpha value is -3.84. The molecule has 0 saturated carbocycles. The molecule has 0 spiro atoms. The molecule has 0 bridgehead atoms. The van der Waals surface area contributed by atoms with Crippen LogP contribution in [-0.4, -0.2) is 30.8 Å². The van der Waals surface area contributed by atoms with Crippen molar-refractivity contribution in [2.75, 3.05) is 0 Å². The van der Waals surface area contributed by atoms with Crippen molar-refractivity contribution in [1.29, 1.82) is 0 Å². The second kappa shape index (κ2) is 8.36. The summed E-state index contributed by atoms with van der Waals surface area (Å²) < 4.78 is 1.71. The van der Waals surface area contributed by atoms with Gasteiger partial charge in [0.05, 0.1) is 5.69 Å². The van der Waals surface area contributed by atoms with Crippen LogP contribution in [0.25, 0.3) is 16.8 Å². The molecule has 2 aromatic heterocycles. The zero-order valence-electron chi connectivity index (χ0n) is 18.3. The van der Waals surface area contributed by atoms with Crippen molar-refractivity contribution >= 4 is 5.91 Å². The Labute approximate surface area is 186 Å². The van der Waals surface area contributed by atoms with Crippen LogP contribution in [0.3, 0.4) is 0 Å². The summed E-state index contributed by atoms with van der Waals surface area (Å²) in [5.41, 5.74) is 10.5. The summed E-state index contributed by atoms with van der Waals surface area (Å²) >= 11 is 0. The highest BCUT2D eigenvalue weighted by atomic mass is 16.3. The first kappa shape index (κ1) is 21.4. The number of carbonyl (C=O) groups excluding carboxylic acids is 1. The van der Waals surface area contributed by atoms with Crippen LogP contribution in [0.4, 0.5) is 0 Å². The van der Waals surface area contributed by atoms with E-state index in [9.17, 15) is 9.90 Å². The van der Waals surface area contributed by atoms with Gasteiger partial charge in [0, 0.05) is 23.7 Å². The monoisotopic (exact) mass is 427 g/mol. The molecule has 0 radical (unpaired) electrons. The van der Waals surface area contributed by atoms with Crippen LogP contribution >= 0.6 is 0 Å². The second-order valence-electron chi connectivity index (χ2n) is 8.34. The van der Waals surface area contributed by atoms with Crippen molar-refractivity contribution < 1.29 is 9.90 Å². The number of aromatic nitrogens is 4. The molecule has 0 atom stereocenters. The van der Waals surface area contributed by atoms with Gasteiger partial charge in [0.25, 0.3) is 5.91 Å². The van der Waals surface area contributed by atoms with E-state index < -0.39 is 11.5 Å². The van der Waals surface area contributed by atoms with E-state index in [0.29, 0.717) is 5.82 Å². The molecule has 2 heterocycles. The third-order valence-electron chi connectivity index (χ3n) is 5.22. The Morgan fingerprint density at radius 2 is 1.53 bits per heavy atom. The number of amides is 1. The van der Waals surface area contributed by atoms with Gasteiger partial charge in [-0.05, 0) is 62.1 Å². The van der Waals surface area contributed by atoms with Crippen molar-refractivity contribution in [3.05, 3.63) is 95.3 Å². The van der Waals surface area contributed by atoms with Crippen LogP contribution in [0.2, 0.25) is 0 Å². The molecular weight excluding hydrogens is 402 g/mol. The summed E-state index contributed by atoms with van der Waals surface area (Å²) in [5.74, 6) is -0.135. The number of hydrogen-bond donors (Lipinski definition) is 2. The number of rotatable bonds is 6. The van der Waals surface area contributed by atoms with Gasteiger partial charge in [-0.2, -0.15) is 5.10 Å². The predicted molar refractivity (Wildman–Crippen MR) is 122 cm³/mol. The number of primary amides is 1. The lowest BCUT2D eigenvalue weighted by atomic mass is 10.0. The van der Waals surface area contributed by atoms with E-state index in [2.05, 4.69) is 39.3 Å². The second-order valence-corrected chi connectivity index (χ2v) is 8.34. The average Bonchev–Trinajstić information content (AvgIpc) is 3.16. The molecule has 0 aliphatic rings. The highest BCUT2D eigenvalue weighted by Crippen LogP contribution is 2.22. The first-order valence-electron chi connectivity index (χ1n) is 10.3. The molecule has 1 amide bonds. The predicted octanol–water partition coefficient (Wildman–Crippen LogP) is 3.55. The molecule has 0 unspecified atom stereocenters. The van der Waals surface area contributed by atoms with Gasteiger partial charge in [-0.15, -0.1) is 0 Å². The fourth-order valence-electron chi connectivity index (χ4n) is 3.46. The first-order valence-corrected chi connectivity index (χ1v) is 10.3. The molecule has 7 nitrogen and oxygen atoms in total. The molecular formula is C25H25N5O2. The van der Waals surface area contributed by atoms with Crippen molar-refractivity contribution in [3.63, 3.8) is 0 Å². The maximum absolute atomic E-state index is 11.4. The van der Waals surface area contributed by atoms with E-state index >= 15 is 0 Å². The number of hydrogen-bond acceptors (Lipinski definition) is 5. The van der Waals surface area contributed by atoms with E-state index in [4.69, 9.17) is 5.73 Å². The van der Waals surface area contributed by atoms with Crippen molar-refractivity contribution in [2.45, 2.75) is 32.8 Å². The Morgan fingerprint density at radius 1 is 0.969 bits per heavy atom. The van der Waals surface area contributed by atoms with Crippen LogP contribution in [0.1, 0.15) is 47.0 Å². The number of aryl methyl sites for hydroxylation is 1. The molecule has 2 aromatic carbocycles. The zero-order chi connectivity index (χ0) is 22.9. The van der Waals surface area contributed by atoms with Gasteiger partial charge in [-0.25, -0.2) is 14.6 Å². The molecule has 0 aliphatic heterocycles. The lowest BCUT2D eigenvalue weighted by Crippen LogP contribution is -2.19. The third kappa shape index (κ3) is 4.58. The van der Waals surface area contributed by atoms with Crippen LogP contribution in [-0.2, 0) is 12.0 Å². The third-order valence-corrected chi connectivity index (χ3v) is 5.22. The van der Waals surface area contributed by atoms with E-state index in [0.717, 1.165) is 28.9 Å². The number of nitrogens with zero attached hydrogens (tertiary/aromatic N) is 4. The minimum absolute atomic E-state index is 0.256. The van der Waals surface area contributed by atoms with E-state index in [1.165, 1.54) is 11.1 Å². The summed E-state index contributed by atoms with van der Waals surface area (Å²) in [7, 11) is 0. The molecule has 4 aromatic rings. The lowest BCUT2D eigenvalue weighted by molar-refractivity contribution is 0.0687. The largest absolute Gasteiger partial charge is 0.382 e. The Morgan fingerprint density at radius 3 is 2.03 bits per heavy atom. The topological polar surface area (TPSA) is 107 Å². The van der Waals surface area contributed by atoms with Gasteiger partial charge in [0.15, 0.2) is 11.5 Å². The maximum atomic E-state index is 11.4. The van der Waals surface area contributed by atoms with Crippen LogP contribution in [0, 0.1) is 6.92 Å². The van der Waals surface area contributed by atoms with Crippen LogP contribution in [0.15, 0.2) is 67.0 Å². The first-order chi connectivity index (χ1) is 15.2. The summed E-state index contributed by atoms with van der Waals surface area (Å²) in [6, 6.07) is 18.0. The summed E-state index contributed by atoms with van der Waals surface area (Å²) in [6.07, 6.45) is 4.25. The minimum atomic E-state index is -1.06. The number of benzene rings is 2.